The van der Waals surface area contributed by atoms with Crippen LogP contribution in [-0.2, 0) is 0 Å². The molecule has 2 N–H and O–H groups in total. The fourth-order valence-corrected chi connectivity index (χ4v) is 2.20. The molecule has 5 nitrogen and oxygen atoms in total. The molecule has 0 aliphatic carbocycles. The average molecular weight is 358 g/mol. The van der Waals surface area contributed by atoms with Gasteiger partial charge in [0.1, 0.15) is 10.8 Å². The number of anilines is 3. The highest BCUT2D eigenvalue weighted by Gasteiger charge is 2.07. The van der Waals surface area contributed by atoms with Crippen LogP contribution in [0.2, 0.25) is 5.02 Å². The third-order valence-corrected chi connectivity index (χ3v) is 3.18. The Balaban J connectivity index is 2.29. The Labute approximate surface area is 130 Å². The zero-order valence-electron chi connectivity index (χ0n) is 11.1. The lowest BCUT2D eigenvalue weighted by Crippen LogP contribution is -2.04. The molecule has 7 heteroatoms. The van der Waals surface area contributed by atoms with Crippen molar-refractivity contribution in [2.24, 2.45) is 0 Å². The molecule has 2 aromatic rings. The minimum atomic E-state index is 0.450. The Kier molecular flexibility index (Phi) is 5.03. The van der Waals surface area contributed by atoms with Gasteiger partial charge in [-0.25, -0.2) is 4.98 Å². The number of benzene rings is 1. The molecule has 1 heterocycles. The van der Waals surface area contributed by atoms with Crippen molar-refractivity contribution in [3.05, 3.63) is 33.9 Å². The highest BCUT2D eigenvalue weighted by Crippen LogP contribution is 2.29. The number of nitrogens with one attached hydrogen (secondary N) is 2. The number of methoxy groups -OCH3 is 1. The van der Waals surface area contributed by atoms with E-state index in [9.17, 15) is 0 Å². The molecule has 0 fully saturated rings. The molecule has 0 saturated carbocycles. The lowest BCUT2D eigenvalue weighted by Gasteiger charge is -2.11. The molecular weight excluding hydrogens is 344 g/mol. The number of hydrogen-bond donors (Lipinski definition) is 2. The van der Waals surface area contributed by atoms with Crippen molar-refractivity contribution in [2.75, 3.05) is 24.3 Å². The first-order chi connectivity index (χ1) is 9.62. The van der Waals surface area contributed by atoms with Crippen LogP contribution in [0, 0.1) is 0 Å². The van der Waals surface area contributed by atoms with Crippen LogP contribution in [-0.4, -0.2) is 23.6 Å². The standard InChI is InChI=1S/C13H14BrClN4O/c1-3-16-13-17-7-11(15)12(19-13)18-9-4-8(14)5-10(6-9)20-2/h4-7H,3H2,1-2H3,(H2,16,17,18,19). The zero-order chi connectivity index (χ0) is 14.5. The van der Waals surface area contributed by atoms with Gasteiger partial charge < -0.3 is 15.4 Å². The molecule has 1 aromatic heterocycles. The second-order valence-electron chi connectivity index (χ2n) is 3.93. The Hall–Kier alpha value is -1.53. The van der Waals surface area contributed by atoms with Crippen LogP contribution in [0.25, 0.3) is 0 Å². The molecule has 0 saturated heterocycles. The van der Waals surface area contributed by atoms with E-state index in [1.165, 1.54) is 0 Å². The van der Waals surface area contributed by atoms with Crippen LogP contribution < -0.4 is 15.4 Å². The fourth-order valence-electron chi connectivity index (χ4n) is 1.59. The van der Waals surface area contributed by atoms with Gasteiger partial charge >= 0.3 is 0 Å². The summed E-state index contributed by atoms with van der Waals surface area (Å²) in [7, 11) is 1.62. The third-order valence-electron chi connectivity index (χ3n) is 2.45. The van der Waals surface area contributed by atoms with Gasteiger partial charge in [-0.3, -0.25) is 0 Å². The summed E-state index contributed by atoms with van der Waals surface area (Å²) in [6, 6.07) is 5.64. The predicted octanol–water partition coefficient (Wildman–Crippen LogP) is 4.08. The second kappa shape index (κ2) is 6.76. The van der Waals surface area contributed by atoms with E-state index in [4.69, 9.17) is 16.3 Å². The minimum absolute atomic E-state index is 0.450. The Morgan fingerprint density at radius 3 is 2.85 bits per heavy atom. The molecule has 20 heavy (non-hydrogen) atoms. The molecule has 0 spiro atoms. The van der Waals surface area contributed by atoms with Crippen LogP contribution in [0.1, 0.15) is 6.92 Å². The molecule has 0 aliphatic heterocycles. The average Bonchev–Trinajstić information content (AvgIpc) is 2.42. The van der Waals surface area contributed by atoms with Crippen LogP contribution in [0.4, 0.5) is 17.5 Å². The second-order valence-corrected chi connectivity index (χ2v) is 5.25. The normalized spacial score (nSPS) is 10.2. The first kappa shape index (κ1) is 14.9. The molecule has 0 amide bonds. The summed E-state index contributed by atoms with van der Waals surface area (Å²) < 4.78 is 6.12. The van der Waals surface area contributed by atoms with Crippen molar-refractivity contribution in [3.63, 3.8) is 0 Å². The van der Waals surface area contributed by atoms with E-state index in [0.717, 1.165) is 22.5 Å². The van der Waals surface area contributed by atoms with Crippen molar-refractivity contribution < 1.29 is 4.74 Å². The Bertz CT molecular complexity index is 609. The largest absolute Gasteiger partial charge is 0.497 e. The van der Waals surface area contributed by atoms with Crippen molar-refractivity contribution >= 4 is 45.0 Å². The summed E-state index contributed by atoms with van der Waals surface area (Å²) in [6.45, 7) is 2.72. The first-order valence-electron chi connectivity index (χ1n) is 6.00. The van der Waals surface area contributed by atoms with Crippen LogP contribution in [0.3, 0.4) is 0 Å². The molecule has 0 bridgehead atoms. The number of hydrogen-bond acceptors (Lipinski definition) is 5. The molecule has 106 valence electrons. The third kappa shape index (κ3) is 3.74. The van der Waals surface area contributed by atoms with Crippen LogP contribution >= 0.6 is 27.5 Å². The molecule has 0 unspecified atom stereocenters. The van der Waals surface area contributed by atoms with Gasteiger partial charge in [0.15, 0.2) is 5.82 Å². The highest BCUT2D eigenvalue weighted by atomic mass is 79.9. The summed E-state index contributed by atoms with van der Waals surface area (Å²) in [5, 5.41) is 6.64. The molecular formula is C13H14BrClN4O. The van der Waals surface area contributed by atoms with E-state index in [-0.39, 0.29) is 0 Å². The lowest BCUT2D eigenvalue weighted by molar-refractivity contribution is 0.415. The Morgan fingerprint density at radius 1 is 1.35 bits per heavy atom. The predicted molar refractivity (Wildman–Crippen MR) is 85.2 cm³/mol. The zero-order valence-corrected chi connectivity index (χ0v) is 13.4. The number of halogens is 2. The Morgan fingerprint density at radius 2 is 2.15 bits per heavy atom. The van der Waals surface area contributed by atoms with Gasteiger partial charge in [-0.05, 0) is 19.1 Å². The van der Waals surface area contributed by atoms with E-state index in [0.29, 0.717) is 16.8 Å². The highest BCUT2D eigenvalue weighted by molar-refractivity contribution is 9.10. The minimum Gasteiger partial charge on any atom is -0.497 e. The van der Waals surface area contributed by atoms with Crippen LogP contribution in [0.15, 0.2) is 28.9 Å². The SMILES string of the molecule is CCNc1ncc(Cl)c(Nc2cc(Br)cc(OC)c2)n1. The van der Waals surface area contributed by atoms with Gasteiger partial charge in [0.25, 0.3) is 0 Å². The molecule has 0 aliphatic rings. The summed E-state index contributed by atoms with van der Waals surface area (Å²) in [6.07, 6.45) is 1.56. The van der Waals surface area contributed by atoms with Gasteiger partial charge in [0.2, 0.25) is 5.95 Å². The van der Waals surface area contributed by atoms with Gasteiger partial charge in [-0.2, -0.15) is 4.98 Å². The van der Waals surface area contributed by atoms with E-state index >= 15 is 0 Å². The van der Waals surface area contributed by atoms with Gasteiger partial charge in [0, 0.05) is 22.8 Å². The van der Waals surface area contributed by atoms with Crippen molar-refractivity contribution in [2.45, 2.75) is 6.92 Å². The summed E-state index contributed by atoms with van der Waals surface area (Å²) in [5.41, 5.74) is 0.819. The fraction of sp³-hybridized carbons (Fsp3) is 0.231. The van der Waals surface area contributed by atoms with Crippen LogP contribution in [0.5, 0.6) is 5.75 Å². The summed E-state index contributed by atoms with van der Waals surface area (Å²) in [5.74, 6) is 1.80. The van der Waals surface area contributed by atoms with Crippen molar-refractivity contribution in [1.29, 1.82) is 0 Å². The number of aromatic nitrogens is 2. The van der Waals surface area contributed by atoms with Crippen molar-refractivity contribution in [1.82, 2.24) is 9.97 Å². The van der Waals surface area contributed by atoms with Crippen molar-refractivity contribution in [3.8, 4) is 5.75 Å². The molecule has 2 rings (SSSR count). The first-order valence-corrected chi connectivity index (χ1v) is 7.17. The van der Waals surface area contributed by atoms with Gasteiger partial charge in [0.05, 0.1) is 13.3 Å². The van der Waals surface area contributed by atoms with E-state index < -0.39 is 0 Å². The van der Waals surface area contributed by atoms with Gasteiger partial charge in [-0.1, -0.05) is 27.5 Å². The maximum Gasteiger partial charge on any atom is 0.224 e. The molecule has 0 atom stereocenters. The van der Waals surface area contributed by atoms with E-state index in [2.05, 4.69) is 36.5 Å². The quantitative estimate of drug-likeness (QED) is 0.844. The monoisotopic (exact) mass is 356 g/mol. The molecule has 0 radical (unpaired) electrons. The summed E-state index contributed by atoms with van der Waals surface area (Å²) >= 11 is 9.53. The van der Waals surface area contributed by atoms with E-state index in [1.807, 2.05) is 25.1 Å². The lowest BCUT2D eigenvalue weighted by atomic mass is 10.3. The number of ether oxygens (including phenoxy) is 1. The topological polar surface area (TPSA) is 59.1 Å². The number of nitrogens with zero attached hydrogens (tertiary/aromatic N) is 2. The maximum absolute atomic E-state index is 6.10. The summed E-state index contributed by atoms with van der Waals surface area (Å²) in [4.78, 5) is 8.41. The van der Waals surface area contributed by atoms with E-state index in [1.54, 1.807) is 13.3 Å². The molecule has 1 aromatic carbocycles. The van der Waals surface area contributed by atoms with Gasteiger partial charge in [-0.15, -0.1) is 0 Å². The number of rotatable bonds is 5. The maximum atomic E-state index is 6.10. The smallest absolute Gasteiger partial charge is 0.224 e.